The van der Waals surface area contributed by atoms with Crippen LogP contribution in [0.2, 0.25) is 0 Å². The predicted octanol–water partition coefficient (Wildman–Crippen LogP) is 4.25. The van der Waals surface area contributed by atoms with E-state index in [0.29, 0.717) is 5.11 Å². The molecule has 0 heterocycles. The lowest BCUT2D eigenvalue weighted by molar-refractivity contribution is 0.627. The van der Waals surface area contributed by atoms with E-state index < -0.39 is 0 Å². The van der Waals surface area contributed by atoms with Gasteiger partial charge in [-0.2, -0.15) is 0 Å². The second-order valence-corrected chi connectivity index (χ2v) is 4.81. The molecular weight excluding hydrogens is 259 g/mol. The smallest absolute Gasteiger partial charge is 0.175 e. The van der Waals surface area contributed by atoms with Crippen LogP contribution in [0.15, 0.2) is 42.5 Å². The van der Waals surface area contributed by atoms with Crippen LogP contribution in [-0.2, 0) is 0 Å². The highest BCUT2D eigenvalue weighted by Crippen LogP contribution is 2.16. The topological polar surface area (TPSA) is 24.1 Å². The molecule has 0 aliphatic carbocycles. The van der Waals surface area contributed by atoms with Crippen LogP contribution in [0.3, 0.4) is 0 Å². The largest absolute Gasteiger partial charge is 0.332 e. The van der Waals surface area contributed by atoms with Gasteiger partial charge >= 0.3 is 0 Å². The summed E-state index contributed by atoms with van der Waals surface area (Å²) in [4.78, 5) is 0. The first kappa shape index (κ1) is 13.5. The van der Waals surface area contributed by atoms with Crippen LogP contribution in [0.4, 0.5) is 15.8 Å². The molecule has 4 heteroatoms. The zero-order valence-electron chi connectivity index (χ0n) is 10.8. The molecule has 2 aromatic carbocycles. The Morgan fingerprint density at radius 3 is 2.32 bits per heavy atom. The maximum absolute atomic E-state index is 13.0. The summed E-state index contributed by atoms with van der Waals surface area (Å²) in [6.07, 6.45) is 0. The molecule has 0 amide bonds. The third-order valence-corrected chi connectivity index (χ3v) is 2.95. The van der Waals surface area contributed by atoms with Crippen LogP contribution in [0, 0.1) is 19.7 Å². The maximum atomic E-state index is 13.0. The van der Waals surface area contributed by atoms with Gasteiger partial charge in [-0.05, 0) is 62.0 Å². The first-order valence-electron chi connectivity index (χ1n) is 5.95. The van der Waals surface area contributed by atoms with Crippen molar-refractivity contribution in [3.05, 3.63) is 59.4 Å². The molecule has 2 nitrogen and oxygen atoms in total. The SMILES string of the molecule is Cc1ccc(NC(=S)Nc2ccc(F)cc2C)cc1. The second-order valence-electron chi connectivity index (χ2n) is 4.40. The zero-order chi connectivity index (χ0) is 13.8. The van der Waals surface area contributed by atoms with Crippen molar-refractivity contribution in [3.63, 3.8) is 0 Å². The Hall–Kier alpha value is -1.94. The second kappa shape index (κ2) is 5.80. The molecule has 0 saturated heterocycles. The Morgan fingerprint density at radius 1 is 1.00 bits per heavy atom. The van der Waals surface area contributed by atoms with E-state index in [4.69, 9.17) is 12.2 Å². The molecule has 0 unspecified atom stereocenters. The van der Waals surface area contributed by atoms with Crippen LogP contribution in [0.1, 0.15) is 11.1 Å². The Balaban J connectivity index is 2.03. The van der Waals surface area contributed by atoms with E-state index in [0.717, 1.165) is 16.9 Å². The lowest BCUT2D eigenvalue weighted by Crippen LogP contribution is -2.19. The number of rotatable bonds is 2. The van der Waals surface area contributed by atoms with Crippen LogP contribution in [0.25, 0.3) is 0 Å². The quantitative estimate of drug-likeness (QED) is 0.800. The van der Waals surface area contributed by atoms with E-state index in [2.05, 4.69) is 10.6 Å². The minimum atomic E-state index is -0.250. The number of thiocarbonyl (C=S) groups is 1. The summed E-state index contributed by atoms with van der Waals surface area (Å²) >= 11 is 5.23. The molecule has 2 N–H and O–H groups in total. The Bertz CT molecular complexity index is 594. The number of hydrogen-bond donors (Lipinski definition) is 2. The molecule has 98 valence electrons. The highest BCUT2D eigenvalue weighted by atomic mass is 32.1. The summed E-state index contributed by atoms with van der Waals surface area (Å²) < 4.78 is 13.0. The van der Waals surface area contributed by atoms with Gasteiger partial charge < -0.3 is 10.6 Å². The molecule has 0 saturated carbocycles. The maximum Gasteiger partial charge on any atom is 0.175 e. The zero-order valence-corrected chi connectivity index (χ0v) is 11.6. The lowest BCUT2D eigenvalue weighted by atomic mass is 10.2. The van der Waals surface area contributed by atoms with E-state index in [9.17, 15) is 4.39 Å². The van der Waals surface area contributed by atoms with Gasteiger partial charge in [0.05, 0.1) is 0 Å². The minimum Gasteiger partial charge on any atom is -0.332 e. The van der Waals surface area contributed by atoms with E-state index >= 15 is 0 Å². The summed E-state index contributed by atoms with van der Waals surface area (Å²) in [7, 11) is 0. The average Bonchev–Trinajstić information content (AvgIpc) is 2.36. The van der Waals surface area contributed by atoms with Crippen LogP contribution in [-0.4, -0.2) is 5.11 Å². The van der Waals surface area contributed by atoms with E-state index in [1.807, 2.05) is 38.1 Å². The first-order chi connectivity index (χ1) is 9.04. The molecule has 2 rings (SSSR count). The highest BCUT2D eigenvalue weighted by molar-refractivity contribution is 7.80. The van der Waals surface area contributed by atoms with E-state index in [-0.39, 0.29) is 5.82 Å². The van der Waals surface area contributed by atoms with Crippen molar-refractivity contribution in [3.8, 4) is 0 Å². The van der Waals surface area contributed by atoms with Gasteiger partial charge in [0, 0.05) is 11.4 Å². The third-order valence-electron chi connectivity index (χ3n) is 2.75. The summed E-state index contributed by atoms with van der Waals surface area (Å²) in [5, 5.41) is 6.62. The molecule has 19 heavy (non-hydrogen) atoms. The molecule has 0 radical (unpaired) electrons. The molecular formula is C15H15FN2S. The van der Waals surface area contributed by atoms with E-state index in [1.165, 1.54) is 17.7 Å². The van der Waals surface area contributed by atoms with Gasteiger partial charge in [-0.1, -0.05) is 17.7 Å². The van der Waals surface area contributed by atoms with Gasteiger partial charge in [0.15, 0.2) is 5.11 Å². The number of aryl methyl sites for hydroxylation is 2. The molecule has 0 atom stereocenters. The fourth-order valence-electron chi connectivity index (χ4n) is 1.69. The van der Waals surface area contributed by atoms with Gasteiger partial charge in [0.25, 0.3) is 0 Å². The molecule has 0 aromatic heterocycles. The molecule has 0 fully saturated rings. The molecule has 2 aromatic rings. The Labute approximate surface area is 117 Å². The number of benzene rings is 2. The van der Waals surface area contributed by atoms with Crippen molar-refractivity contribution in [1.29, 1.82) is 0 Å². The van der Waals surface area contributed by atoms with Gasteiger partial charge in [-0.15, -0.1) is 0 Å². The average molecular weight is 274 g/mol. The van der Waals surface area contributed by atoms with Gasteiger partial charge in [0.2, 0.25) is 0 Å². The first-order valence-corrected chi connectivity index (χ1v) is 6.36. The highest BCUT2D eigenvalue weighted by Gasteiger charge is 2.02. The number of halogens is 1. The van der Waals surface area contributed by atoms with Gasteiger partial charge in [-0.25, -0.2) is 4.39 Å². The van der Waals surface area contributed by atoms with Crippen molar-refractivity contribution in [2.24, 2.45) is 0 Å². The lowest BCUT2D eigenvalue weighted by Gasteiger charge is -2.12. The normalized spacial score (nSPS) is 10.1. The molecule has 0 aliphatic heterocycles. The fraction of sp³-hybridized carbons (Fsp3) is 0.133. The number of nitrogens with one attached hydrogen (secondary N) is 2. The van der Waals surface area contributed by atoms with Crippen LogP contribution >= 0.6 is 12.2 Å². The Morgan fingerprint density at radius 2 is 1.68 bits per heavy atom. The molecule has 0 bridgehead atoms. The Kier molecular flexibility index (Phi) is 4.12. The molecule has 0 aliphatic rings. The summed E-state index contributed by atoms with van der Waals surface area (Å²) in [6.45, 7) is 3.86. The molecule has 0 spiro atoms. The predicted molar refractivity (Wildman–Crippen MR) is 82.2 cm³/mol. The summed E-state index contributed by atoms with van der Waals surface area (Å²) in [5.41, 5.74) is 3.72. The summed E-state index contributed by atoms with van der Waals surface area (Å²) in [5.74, 6) is -0.250. The third kappa shape index (κ3) is 3.76. The van der Waals surface area contributed by atoms with E-state index in [1.54, 1.807) is 6.07 Å². The minimum absolute atomic E-state index is 0.250. The number of anilines is 2. The van der Waals surface area contributed by atoms with Crippen molar-refractivity contribution in [1.82, 2.24) is 0 Å². The van der Waals surface area contributed by atoms with Crippen molar-refractivity contribution in [2.75, 3.05) is 10.6 Å². The van der Waals surface area contributed by atoms with Crippen LogP contribution in [0.5, 0.6) is 0 Å². The van der Waals surface area contributed by atoms with Crippen molar-refractivity contribution < 1.29 is 4.39 Å². The monoisotopic (exact) mass is 274 g/mol. The summed E-state index contributed by atoms with van der Waals surface area (Å²) in [6, 6.07) is 12.5. The van der Waals surface area contributed by atoms with Gasteiger partial charge in [0.1, 0.15) is 5.82 Å². The van der Waals surface area contributed by atoms with Crippen LogP contribution < -0.4 is 10.6 Å². The van der Waals surface area contributed by atoms with Crippen molar-refractivity contribution in [2.45, 2.75) is 13.8 Å². The fourth-order valence-corrected chi connectivity index (χ4v) is 1.92. The standard InChI is InChI=1S/C15H15FN2S/c1-10-3-6-13(7-4-10)17-15(19)18-14-8-5-12(16)9-11(14)2/h3-9H,1-2H3,(H2,17,18,19). The number of hydrogen-bond acceptors (Lipinski definition) is 1. The van der Waals surface area contributed by atoms with Crippen molar-refractivity contribution >= 4 is 28.7 Å². The van der Waals surface area contributed by atoms with Gasteiger partial charge in [-0.3, -0.25) is 0 Å².